The van der Waals surface area contributed by atoms with Crippen molar-refractivity contribution in [2.75, 3.05) is 12.4 Å². The van der Waals surface area contributed by atoms with Crippen LogP contribution in [0, 0.1) is 25.2 Å². The number of hydrogen-bond acceptors (Lipinski definition) is 5. The van der Waals surface area contributed by atoms with Gasteiger partial charge in [0.25, 0.3) is 5.91 Å². The molecule has 0 aliphatic rings. The van der Waals surface area contributed by atoms with Crippen LogP contribution in [-0.2, 0) is 16.1 Å². The molecular formula is C27H24N2O4. The highest BCUT2D eigenvalue weighted by Gasteiger charge is 2.14. The number of aryl methyl sites for hydroxylation is 2. The molecule has 0 saturated heterocycles. The number of ether oxygens (including phenoxy) is 2. The number of esters is 1. The van der Waals surface area contributed by atoms with E-state index in [1.165, 1.54) is 13.2 Å². The Morgan fingerprint density at radius 3 is 2.27 bits per heavy atom. The molecule has 0 aliphatic carbocycles. The van der Waals surface area contributed by atoms with Crippen LogP contribution in [-0.4, -0.2) is 19.0 Å². The Morgan fingerprint density at radius 1 is 0.970 bits per heavy atom. The van der Waals surface area contributed by atoms with Gasteiger partial charge in [-0.25, -0.2) is 4.79 Å². The van der Waals surface area contributed by atoms with E-state index in [0.29, 0.717) is 22.6 Å². The maximum absolute atomic E-state index is 12.8. The van der Waals surface area contributed by atoms with Crippen LogP contribution in [0.25, 0.3) is 6.08 Å². The van der Waals surface area contributed by atoms with Crippen LogP contribution in [0.2, 0.25) is 0 Å². The Labute approximate surface area is 193 Å². The van der Waals surface area contributed by atoms with E-state index in [9.17, 15) is 14.9 Å². The number of para-hydroxylation sites is 2. The minimum atomic E-state index is -0.483. The number of carbonyl (C=O) groups is 2. The fourth-order valence-electron chi connectivity index (χ4n) is 3.24. The lowest BCUT2D eigenvalue weighted by Crippen LogP contribution is -2.15. The fourth-order valence-corrected chi connectivity index (χ4v) is 3.24. The van der Waals surface area contributed by atoms with Crippen LogP contribution in [0.4, 0.5) is 5.69 Å². The van der Waals surface area contributed by atoms with Crippen molar-refractivity contribution in [3.8, 4) is 11.8 Å². The molecule has 6 nitrogen and oxygen atoms in total. The van der Waals surface area contributed by atoms with Crippen molar-refractivity contribution in [3.05, 3.63) is 100 Å². The molecule has 3 aromatic carbocycles. The van der Waals surface area contributed by atoms with Crippen LogP contribution in [0.3, 0.4) is 0 Å². The van der Waals surface area contributed by atoms with E-state index in [1.807, 2.05) is 50.2 Å². The molecule has 166 valence electrons. The molecule has 1 N–H and O–H groups in total. The average Bonchev–Trinajstić information content (AvgIpc) is 2.83. The minimum Gasteiger partial charge on any atom is -0.488 e. The van der Waals surface area contributed by atoms with Crippen molar-refractivity contribution in [2.24, 2.45) is 0 Å². The lowest BCUT2D eigenvalue weighted by atomic mass is 10.1. The molecule has 0 heterocycles. The summed E-state index contributed by atoms with van der Waals surface area (Å²) in [4.78, 5) is 24.3. The SMILES string of the molecule is COC(=O)c1ccc(COc2ccccc2C=C(C#N)C(=O)Nc2c(C)cccc2C)cc1. The molecule has 3 rings (SSSR count). The predicted molar refractivity (Wildman–Crippen MR) is 127 cm³/mol. The minimum absolute atomic E-state index is 0.0314. The van der Waals surface area contributed by atoms with E-state index in [2.05, 4.69) is 5.32 Å². The van der Waals surface area contributed by atoms with Gasteiger partial charge in [0, 0.05) is 11.3 Å². The van der Waals surface area contributed by atoms with Gasteiger partial charge in [0.2, 0.25) is 0 Å². The first-order valence-corrected chi connectivity index (χ1v) is 10.3. The number of amides is 1. The first-order chi connectivity index (χ1) is 15.9. The zero-order valence-electron chi connectivity index (χ0n) is 18.7. The van der Waals surface area contributed by atoms with Crippen molar-refractivity contribution in [2.45, 2.75) is 20.5 Å². The molecule has 0 saturated carbocycles. The van der Waals surface area contributed by atoms with Gasteiger partial charge in [-0.1, -0.05) is 48.5 Å². The highest BCUT2D eigenvalue weighted by molar-refractivity contribution is 6.10. The molecule has 0 aliphatic heterocycles. The van der Waals surface area contributed by atoms with E-state index < -0.39 is 11.9 Å². The van der Waals surface area contributed by atoms with Gasteiger partial charge in [0.1, 0.15) is 24.0 Å². The Kier molecular flexibility index (Phi) is 7.61. The largest absolute Gasteiger partial charge is 0.488 e. The molecule has 6 heteroatoms. The quantitative estimate of drug-likeness (QED) is 0.309. The van der Waals surface area contributed by atoms with Crippen LogP contribution in [0.1, 0.15) is 32.6 Å². The third-order valence-electron chi connectivity index (χ3n) is 5.07. The molecule has 0 bridgehead atoms. The van der Waals surface area contributed by atoms with Gasteiger partial charge in [0.15, 0.2) is 0 Å². The maximum Gasteiger partial charge on any atom is 0.337 e. The zero-order valence-corrected chi connectivity index (χ0v) is 18.7. The summed E-state index contributed by atoms with van der Waals surface area (Å²) in [5.74, 6) is -0.355. The number of carbonyl (C=O) groups excluding carboxylic acids is 2. The molecule has 0 unspecified atom stereocenters. The lowest BCUT2D eigenvalue weighted by Gasteiger charge is -2.12. The van der Waals surface area contributed by atoms with E-state index >= 15 is 0 Å². The molecule has 0 atom stereocenters. The number of anilines is 1. The summed E-state index contributed by atoms with van der Waals surface area (Å²) in [5, 5.41) is 12.4. The zero-order chi connectivity index (χ0) is 23.8. The smallest absolute Gasteiger partial charge is 0.337 e. The summed E-state index contributed by atoms with van der Waals surface area (Å²) in [5.41, 5.74) is 4.43. The molecule has 0 radical (unpaired) electrons. The Morgan fingerprint density at radius 2 is 1.64 bits per heavy atom. The van der Waals surface area contributed by atoms with Crippen LogP contribution < -0.4 is 10.1 Å². The Bertz CT molecular complexity index is 1220. The summed E-state index contributed by atoms with van der Waals surface area (Å²) in [6, 6.07) is 21.8. The van der Waals surface area contributed by atoms with Crippen molar-refractivity contribution < 1.29 is 19.1 Å². The number of hydrogen-bond donors (Lipinski definition) is 1. The normalized spacial score (nSPS) is 10.8. The molecular weight excluding hydrogens is 416 g/mol. The van der Waals surface area contributed by atoms with Crippen molar-refractivity contribution in [1.29, 1.82) is 5.26 Å². The topological polar surface area (TPSA) is 88.4 Å². The Balaban J connectivity index is 1.77. The van der Waals surface area contributed by atoms with E-state index in [0.717, 1.165) is 16.7 Å². The number of nitrogens with one attached hydrogen (secondary N) is 1. The van der Waals surface area contributed by atoms with E-state index in [-0.39, 0.29) is 12.2 Å². The Hall–Kier alpha value is -4.37. The molecule has 3 aromatic rings. The average molecular weight is 440 g/mol. The van der Waals surface area contributed by atoms with Gasteiger partial charge in [-0.3, -0.25) is 4.79 Å². The fraction of sp³-hybridized carbons (Fsp3) is 0.148. The third kappa shape index (κ3) is 5.86. The van der Waals surface area contributed by atoms with Gasteiger partial charge in [-0.05, 0) is 54.8 Å². The second kappa shape index (κ2) is 10.8. The summed E-state index contributed by atoms with van der Waals surface area (Å²) >= 11 is 0. The highest BCUT2D eigenvalue weighted by Crippen LogP contribution is 2.24. The number of rotatable bonds is 7. The lowest BCUT2D eigenvalue weighted by molar-refractivity contribution is -0.112. The third-order valence-corrected chi connectivity index (χ3v) is 5.07. The second-order valence-corrected chi connectivity index (χ2v) is 7.41. The number of methoxy groups -OCH3 is 1. The van der Waals surface area contributed by atoms with Gasteiger partial charge in [-0.2, -0.15) is 5.26 Å². The first kappa shape index (κ1) is 23.3. The monoisotopic (exact) mass is 440 g/mol. The summed E-state index contributed by atoms with van der Waals surface area (Å²) in [6.45, 7) is 4.06. The van der Waals surface area contributed by atoms with Gasteiger partial charge < -0.3 is 14.8 Å². The maximum atomic E-state index is 12.8. The molecule has 33 heavy (non-hydrogen) atoms. The van der Waals surface area contributed by atoms with Gasteiger partial charge in [-0.15, -0.1) is 0 Å². The molecule has 0 fully saturated rings. The number of nitriles is 1. The summed E-state index contributed by atoms with van der Waals surface area (Å²) < 4.78 is 10.6. The van der Waals surface area contributed by atoms with Crippen LogP contribution in [0.15, 0.2) is 72.3 Å². The second-order valence-electron chi connectivity index (χ2n) is 7.41. The predicted octanol–water partition coefficient (Wildman–Crippen LogP) is 5.21. The van der Waals surface area contributed by atoms with Gasteiger partial charge >= 0.3 is 5.97 Å². The first-order valence-electron chi connectivity index (χ1n) is 10.3. The summed E-state index contributed by atoms with van der Waals surface area (Å²) in [7, 11) is 1.34. The number of nitrogens with zero attached hydrogens (tertiary/aromatic N) is 1. The van der Waals surface area contributed by atoms with E-state index in [1.54, 1.807) is 36.4 Å². The molecule has 1 amide bonds. The van der Waals surface area contributed by atoms with E-state index in [4.69, 9.17) is 9.47 Å². The van der Waals surface area contributed by atoms with Crippen molar-refractivity contribution in [1.82, 2.24) is 0 Å². The summed E-state index contributed by atoms with van der Waals surface area (Å²) in [6.07, 6.45) is 1.51. The van der Waals surface area contributed by atoms with Crippen molar-refractivity contribution in [3.63, 3.8) is 0 Å². The number of benzene rings is 3. The standard InChI is InChI=1S/C27H24N2O4/c1-18-7-6-8-19(2)25(18)29-26(30)23(16-28)15-22-9-4-5-10-24(22)33-17-20-11-13-21(14-12-20)27(31)32-3/h4-15H,17H2,1-3H3,(H,29,30). The highest BCUT2D eigenvalue weighted by atomic mass is 16.5. The molecule has 0 aromatic heterocycles. The van der Waals surface area contributed by atoms with Crippen LogP contribution >= 0.6 is 0 Å². The molecule has 0 spiro atoms. The van der Waals surface area contributed by atoms with Gasteiger partial charge in [0.05, 0.1) is 12.7 Å². The van der Waals surface area contributed by atoms with Crippen LogP contribution in [0.5, 0.6) is 5.75 Å². The van der Waals surface area contributed by atoms with Crippen molar-refractivity contribution >= 4 is 23.6 Å².